The van der Waals surface area contributed by atoms with Crippen LogP contribution in [0.5, 0.6) is 5.75 Å². The van der Waals surface area contributed by atoms with Gasteiger partial charge in [0.25, 0.3) is 0 Å². The van der Waals surface area contributed by atoms with Gasteiger partial charge in [0, 0.05) is 17.6 Å². The van der Waals surface area contributed by atoms with E-state index in [0.717, 1.165) is 16.9 Å². The first kappa shape index (κ1) is 25.0. The zero-order valence-electron chi connectivity index (χ0n) is 16.1. The summed E-state index contributed by atoms with van der Waals surface area (Å²) in [4.78, 5) is 24.4. The molecule has 164 valence electrons. The summed E-state index contributed by atoms with van der Waals surface area (Å²) < 4.78 is 39.0. The van der Waals surface area contributed by atoms with Gasteiger partial charge in [0.1, 0.15) is 5.75 Å². The number of carboxylic acid groups (broad SMARTS) is 2. The van der Waals surface area contributed by atoms with Crippen LogP contribution in [0.4, 0.5) is 13.2 Å². The highest BCUT2D eigenvalue weighted by Crippen LogP contribution is 2.26. The van der Waals surface area contributed by atoms with Crippen LogP contribution >= 0.6 is 11.6 Å². The van der Waals surface area contributed by atoms with Gasteiger partial charge in [-0.3, -0.25) is 0 Å². The molecule has 0 fully saturated rings. The number of aliphatic carboxylic acids is 2. The fraction of sp³-hybridized carbons (Fsp3) is 0.316. The minimum absolute atomic E-state index is 0.332. The number of carbonyl (C=O) groups is 2. The molecular weight excluding hydrogens is 429 g/mol. The molecule has 2 rings (SSSR count). The van der Waals surface area contributed by atoms with E-state index in [-0.39, 0.29) is 0 Å². The molecule has 1 heterocycles. The fourth-order valence-electron chi connectivity index (χ4n) is 2.25. The molecule has 0 radical (unpaired) electrons. The molecule has 0 saturated heterocycles. The lowest BCUT2D eigenvalue weighted by molar-refractivity contribution is -0.192. The Morgan fingerprint density at radius 3 is 2.37 bits per heavy atom. The second kappa shape index (κ2) is 11.2. The number of hydrogen-bond acceptors (Lipinski definition) is 4. The molecule has 0 unspecified atom stereocenters. The van der Waals surface area contributed by atoms with Crippen molar-refractivity contribution >= 4 is 29.6 Å². The van der Waals surface area contributed by atoms with Crippen LogP contribution in [0.1, 0.15) is 24.1 Å². The second-order valence-electron chi connectivity index (χ2n) is 5.92. The fourth-order valence-corrected chi connectivity index (χ4v) is 2.38. The molecule has 1 aromatic carbocycles. The third kappa shape index (κ3) is 7.78. The Bertz CT molecular complexity index is 910. The number of aromatic nitrogens is 2. The molecule has 0 aliphatic rings. The van der Waals surface area contributed by atoms with Crippen LogP contribution in [0.3, 0.4) is 0 Å². The number of nitrogens with zero attached hydrogens (tertiary/aromatic N) is 2. The van der Waals surface area contributed by atoms with Gasteiger partial charge in [0.15, 0.2) is 0 Å². The Morgan fingerprint density at radius 1 is 1.30 bits per heavy atom. The van der Waals surface area contributed by atoms with E-state index in [9.17, 15) is 23.1 Å². The van der Waals surface area contributed by atoms with Gasteiger partial charge in [-0.25, -0.2) is 14.6 Å². The van der Waals surface area contributed by atoms with Crippen molar-refractivity contribution in [1.82, 2.24) is 9.55 Å². The van der Waals surface area contributed by atoms with Crippen molar-refractivity contribution in [2.45, 2.75) is 25.9 Å². The van der Waals surface area contributed by atoms with E-state index in [4.69, 9.17) is 26.2 Å². The van der Waals surface area contributed by atoms with Crippen molar-refractivity contribution in [3.63, 3.8) is 0 Å². The van der Waals surface area contributed by atoms with Crippen molar-refractivity contribution in [3.8, 4) is 11.4 Å². The van der Waals surface area contributed by atoms with E-state index in [1.54, 1.807) is 19.5 Å². The number of hydrogen-bond donors (Lipinski definition) is 2. The molecule has 0 aliphatic carbocycles. The van der Waals surface area contributed by atoms with Crippen LogP contribution in [0.15, 0.2) is 36.3 Å². The summed E-state index contributed by atoms with van der Waals surface area (Å²) in [6.07, 6.45) is 1.25. The largest absolute Gasteiger partial charge is 0.495 e. The maximum absolute atomic E-state index is 11.3. The predicted molar refractivity (Wildman–Crippen MR) is 104 cm³/mol. The number of benzene rings is 1. The summed E-state index contributed by atoms with van der Waals surface area (Å²) in [7, 11) is 1.59. The van der Waals surface area contributed by atoms with Crippen LogP contribution in [-0.4, -0.2) is 50.9 Å². The maximum atomic E-state index is 11.3. The topological polar surface area (TPSA) is 102 Å². The summed E-state index contributed by atoms with van der Waals surface area (Å²) in [6, 6.07) is 5.55. The van der Waals surface area contributed by atoms with Gasteiger partial charge < -0.3 is 19.5 Å². The molecule has 0 spiro atoms. The van der Waals surface area contributed by atoms with Crippen molar-refractivity contribution in [3.05, 3.63) is 47.6 Å². The van der Waals surface area contributed by atoms with Crippen molar-refractivity contribution in [2.75, 3.05) is 13.0 Å². The summed E-state index contributed by atoms with van der Waals surface area (Å²) in [6.45, 7) is 1.91. The molecule has 2 N–H and O–H groups in total. The zero-order chi connectivity index (χ0) is 22.9. The minimum atomic E-state index is -5.08. The van der Waals surface area contributed by atoms with Crippen LogP contribution in [0.25, 0.3) is 11.8 Å². The number of halogens is 4. The molecule has 0 atom stereocenters. The first-order valence-corrected chi connectivity index (χ1v) is 9.02. The molecule has 0 amide bonds. The van der Waals surface area contributed by atoms with Gasteiger partial charge in [0.05, 0.1) is 24.8 Å². The van der Waals surface area contributed by atoms with Crippen molar-refractivity contribution in [2.24, 2.45) is 0 Å². The quantitative estimate of drug-likeness (QED) is 0.483. The minimum Gasteiger partial charge on any atom is -0.495 e. The molecule has 0 saturated carbocycles. The van der Waals surface area contributed by atoms with E-state index >= 15 is 0 Å². The Balaban J connectivity index is 0.000000553. The van der Waals surface area contributed by atoms with Crippen LogP contribution in [0.2, 0.25) is 0 Å². The summed E-state index contributed by atoms with van der Waals surface area (Å²) in [5.74, 6) is -2.60. The van der Waals surface area contributed by atoms with E-state index in [0.29, 0.717) is 30.0 Å². The maximum Gasteiger partial charge on any atom is 0.490 e. The van der Waals surface area contributed by atoms with Gasteiger partial charge >= 0.3 is 18.1 Å². The number of methoxy groups -OCH3 is 1. The smallest absolute Gasteiger partial charge is 0.490 e. The Hall–Kier alpha value is -3.01. The van der Waals surface area contributed by atoms with Gasteiger partial charge in [-0.15, -0.1) is 11.6 Å². The molecular formula is C19H20ClF3N2O5. The van der Waals surface area contributed by atoms with Crippen LogP contribution in [0, 0.1) is 6.92 Å². The number of carboxylic acids is 2. The summed E-state index contributed by atoms with van der Waals surface area (Å²) in [5, 5.41) is 16.4. The molecule has 2 aromatic rings. The lowest BCUT2D eigenvalue weighted by atomic mass is 10.1. The first-order chi connectivity index (χ1) is 14.0. The van der Waals surface area contributed by atoms with E-state index in [1.165, 1.54) is 0 Å². The lowest BCUT2D eigenvalue weighted by Crippen LogP contribution is -2.21. The van der Waals surface area contributed by atoms with Gasteiger partial charge in [-0.2, -0.15) is 13.2 Å². The van der Waals surface area contributed by atoms with Gasteiger partial charge in [0.2, 0.25) is 0 Å². The SMILES string of the molecule is COc1cc(C=C(CCCCl)C(=O)O)ccc1-n1cnc(C)c1.O=C(O)C(F)(F)F. The molecule has 7 nitrogen and oxygen atoms in total. The normalized spacial score (nSPS) is 11.5. The third-order valence-corrected chi connectivity index (χ3v) is 3.90. The monoisotopic (exact) mass is 448 g/mol. The average Bonchev–Trinajstić information content (AvgIpc) is 3.10. The Labute approximate surface area is 175 Å². The van der Waals surface area contributed by atoms with Crippen LogP contribution < -0.4 is 4.74 Å². The number of ether oxygens (including phenoxy) is 1. The number of rotatable bonds is 7. The molecule has 0 aliphatic heterocycles. The van der Waals surface area contributed by atoms with Crippen LogP contribution in [-0.2, 0) is 9.59 Å². The Morgan fingerprint density at radius 2 is 1.93 bits per heavy atom. The highest BCUT2D eigenvalue weighted by Gasteiger charge is 2.38. The number of imidazole rings is 1. The molecule has 1 aromatic heterocycles. The zero-order valence-corrected chi connectivity index (χ0v) is 16.9. The van der Waals surface area contributed by atoms with E-state index < -0.39 is 18.1 Å². The number of alkyl halides is 4. The van der Waals surface area contributed by atoms with Crippen molar-refractivity contribution < 1.29 is 37.7 Å². The summed E-state index contributed by atoms with van der Waals surface area (Å²) in [5.41, 5.74) is 2.86. The highest BCUT2D eigenvalue weighted by atomic mass is 35.5. The van der Waals surface area contributed by atoms with E-state index in [2.05, 4.69) is 4.98 Å². The standard InChI is InChI=1S/C17H19ClN2O3.C2HF3O2/c1-12-10-20(11-19-12)15-6-5-13(9-16(15)23-2)8-14(17(21)22)4-3-7-18;3-2(4,5)1(6)7/h5-6,8-11H,3-4,7H2,1-2H3,(H,21,22);(H,6,7). The third-order valence-electron chi connectivity index (χ3n) is 3.63. The molecule has 11 heteroatoms. The second-order valence-corrected chi connectivity index (χ2v) is 6.30. The Kier molecular flexibility index (Phi) is 9.38. The van der Waals surface area contributed by atoms with Gasteiger partial charge in [-0.1, -0.05) is 6.07 Å². The highest BCUT2D eigenvalue weighted by molar-refractivity contribution is 6.17. The molecule has 0 bridgehead atoms. The average molecular weight is 449 g/mol. The predicted octanol–water partition coefficient (Wildman–Crippen LogP) is 4.31. The summed E-state index contributed by atoms with van der Waals surface area (Å²) >= 11 is 5.64. The van der Waals surface area contributed by atoms with Gasteiger partial charge in [-0.05, 0) is 43.5 Å². The number of aryl methyl sites for hydroxylation is 1. The van der Waals surface area contributed by atoms with E-state index in [1.807, 2.05) is 35.9 Å². The lowest BCUT2D eigenvalue weighted by Gasteiger charge is -2.10. The first-order valence-electron chi connectivity index (χ1n) is 8.48. The van der Waals surface area contributed by atoms with Crippen molar-refractivity contribution in [1.29, 1.82) is 0 Å². The molecule has 30 heavy (non-hydrogen) atoms.